The van der Waals surface area contributed by atoms with Crippen molar-refractivity contribution in [2.75, 3.05) is 38.7 Å². The Kier molecular flexibility index (Phi) is 8.08. The van der Waals surface area contributed by atoms with Crippen molar-refractivity contribution in [2.45, 2.75) is 13.3 Å². The van der Waals surface area contributed by atoms with E-state index in [1.165, 1.54) is 0 Å². The van der Waals surface area contributed by atoms with Crippen LogP contribution in [0.2, 0.25) is 0 Å². The van der Waals surface area contributed by atoms with Crippen molar-refractivity contribution in [2.24, 2.45) is 0 Å². The number of hydrogen-bond acceptors (Lipinski definition) is 4. The highest BCUT2D eigenvalue weighted by Crippen LogP contribution is 2.12. The van der Waals surface area contributed by atoms with Gasteiger partial charge < -0.3 is 20.7 Å². The van der Waals surface area contributed by atoms with Gasteiger partial charge in [-0.2, -0.15) is 0 Å². The lowest BCUT2D eigenvalue weighted by molar-refractivity contribution is -0.121. The van der Waals surface area contributed by atoms with E-state index in [1.54, 1.807) is 7.11 Å². The molecule has 0 unspecified atom stereocenters. The number of methoxy groups -OCH3 is 1. The predicted octanol–water partition coefficient (Wildman–Crippen LogP) is 0.676. The van der Waals surface area contributed by atoms with E-state index in [2.05, 4.69) is 16.0 Å². The van der Waals surface area contributed by atoms with E-state index in [0.717, 1.165) is 11.3 Å². The average Bonchev–Trinajstić information content (AvgIpc) is 2.46. The van der Waals surface area contributed by atoms with Crippen LogP contribution in [0.25, 0.3) is 0 Å². The summed E-state index contributed by atoms with van der Waals surface area (Å²) in [5.41, 5.74) is 1.82. The maximum atomic E-state index is 11.7. The number of benzene rings is 1. The van der Waals surface area contributed by atoms with Crippen LogP contribution in [0.4, 0.5) is 5.69 Å². The van der Waals surface area contributed by atoms with E-state index < -0.39 is 0 Å². The molecule has 1 aromatic carbocycles. The van der Waals surface area contributed by atoms with Crippen LogP contribution in [-0.4, -0.2) is 45.2 Å². The molecule has 0 radical (unpaired) electrons. The number of amides is 2. The number of carbonyl (C=O) groups is 2. The quantitative estimate of drug-likeness (QED) is 0.585. The van der Waals surface area contributed by atoms with Crippen LogP contribution in [0.3, 0.4) is 0 Å². The molecule has 0 atom stereocenters. The summed E-state index contributed by atoms with van der Waals surface area (Å²) in [6, 6.07) is 7.59. The van der Waals surface area contributed by atoms with Gasteiger partial charge in [-0.15, -0.1) is 0 Å². The Balaban J connectivity index is 2.14. The molecular formula is C15H23N3O3. The molecular weight excluding hydrogens is 270 g/mol. The first-order chi connectivity index (χ1) is 10.1. The Hall–Kier alpha value is -1.92. The maximum Gasteiger partial charge on any atom is 0.238 e. The molecule has 21 heavy (non-hydrogen) atoms. The fraction of sp³-hybridized carbons (Fsp3) is 0.467. The van der Waals surface area contributed by atoms with Gasteiger partial charge in [0.2, 0.25) is 11.8 Å². The smallest absolute Gasteiger partial charge is 0.238 e. The first-order valence-electron chi connectivity index (χ1n) is 6.95. The molecule has 0 aliphatic carbocycles. The zero-order valence-electron chi connectivity index (χ0n) is 12.6. The summed E-state index contributed by atoms with van der Waals surface area (Å²) in [7, 11) is 1.58. The third-order valence-corrected chi connectivity index (χ3v) is 2.86. The number of para-hydroxylation sites is 1. The van der Waals surface area contributed by atoms with E-state index in [4.69, 9.17) is 4.74 Å². The number of ether oxygens (including phenoxy) is 1. The highest BCUT2D eigenvalue weighted by atomic mass is 16.5. The lowest BCUT2D eigenvalue weighted by Gasteiger charge is -2.09. The first-order valence-corrected chi connectivity index (χ1v) is 6.95. The van der Waals surface area contributed by atoms with E-state index >= 15 is 0 Å². The second-order valence-electron chi connectivity index (χ2n) is 4.63. The lowest BCUT2D eigenvalue weighted by atomic mass is 10.2. The Morgan fingerprint density at radius 2 is 1.90 bits per heavy atom. The van der Waals surface area contributed by atoms with Gasteiger partial charge in [0.25, 0.3) is 0 Å². The largest absolute Gasteiger partial charge is 0.383 e. The number of rotatable bonds is 9. The number of anilines is 1. The number of nitrogens with one attached hydrogen (secondary N) is 3. The van der Waals surface area contributed by atoms with Gasteiger partial charge in [-0.1, -0.05) is 18.2 Å². The van der Waals surface area contributed by atoms with Crippen molar-refractivity contribution in [3.63, 3.8) is 0 Å². The molecule has 6 heteroatoms. The molecule has 0 aliphatic rings. The lowest BCUT2D eigenvalue weighted by Crippen LogP contribution is -2.33. The van der Waals surface area contributed by atoms with Crippen molar-refractivity contribution < 1.29 is 14.3 Å². The predicted molar refractivity (Wildman–Crippen MR) is 82.2 cm³/mol. The van der Waals surface area contributed by atoms with E-state index in [1.807, 2.05) is 31.2 Å². The molecule has 0 heterocycles. The first kappa shape index (κ1) is 17.1. The Morgan fingerprint density at radius 1 is 1.14 bits per heavy atom. The summed E-state index contributed by atoms with van der Waals surface area (Å²) in [6.07, 6.45) is 0.335. The average molecular weight is 293 g/mol. The van der Waals surface area contributed by atoms with Crippen molar-refractivity contribution in [1.29, 1.82) is 0 Å². The monoisotopic (exact) mass is 293 g/mol. The third-order valence-electron chi connectivity index (χ3n) is 2.86. The van der Waals surface area contributed by atoms with Gasteiger partial charge in [0.1, 0.15) is 0 Å². The molecule has 6 nitrogen and oxygen atoms in total. The van der Waals surface area contributed by atoms with Crippen LogP contribution in [0.15, 0.2) is 24.3 Å². The molecule has 3 N–H and O–H groups in total. The number of aryl methyl sites for hydroxylation is 1. The van der Waals surface area contributed by atoms with Gasteiger partial charge in [-0.05, 0) is 18.6 Å². The fourth-order valence-corrected chi connectivity index (χ4v) is 1.69. The van der Waals surface area contributed by atoms with Gasteiger partial charge >= 0.3 is 0 Å². The summed E-state index contributed by atoms with van der Waals surface area (Å²) < 4.78 is 4.83. The fourth-order valence-electron chi connectivity index (χ4n) is 1.69. The molecule has 0 aliphatic heterocycles. The Labute approximate surface area is 125 Å². The number of carbonyl (C=O) groups excluding carboxylic acids is 2. The SMILES string of the molecule is COCCNC(=O)CCNCC(=O)Nc1ccccc1C. The Morgan fingerprint density at radius 3 is 2.62 bits per heavy atom. The molecule has 0 saturated heterocycles. The zero-order chi connectivity index (χ0) is 15.5. The van der Waals surface area contributed by atoms with Gasteiger partial charge in [0, 0.05) is 32.3 Å². The van der Waals surface area contributed by atoms with Gasteiger partial charge in [-0.3, -0.25) is 9.59 Å². The minimum absolute atomic E-state index is 0.0566. The second-order valence-corrected chi connectivity index (χ2v) is 4.63. The summed E-state index contributed by atoms with van der Waals surface area (Å²) in [5, 5.41) is 8.48. The van der Waals surface area contributed by atoms with Crippen LogP contribution in [0, 0.1) is 6.92 Å². The van der Waals surface area contributed by atoms with Crippen molar-refractivity contribution >= 4 is 17.5 Å². The molecule has 2 amide bonds. The standard InChI is InChI=1S/C15H23N3O3/c1-12-5-3-4-6-13(12)18-15(20)11-16-8-7-14(19)17-9-10-21-2/h3-6,16H,7-11H2,1-2H3,(H,17,19)(H,18,20). The Bertz CT molecular complexity index is 463. The van der Waals surface area contributed by atoms with Crippen molar-refractivity contribution in [1.82, 2.24) is 10.6 Å². The minimum atomic E-state index is -0.121. The molecule has 0 bridgehead atoms. The highest BCUT2D eigenvalue weighted by molar-refractivity contribution is 5.92. The van der Waals surface area contributed by atoms with E-state index in [9.17, 15) is 9.59 Å². The van der Waals surface area contributed by atoms with E-state index in [-0.39, 0.29) is 18.4 Å². The van der Waals surface area contributed by atoms with Crippen LogP contribution in [0.5, 0.6) is 0 Å². The molecule has 1 rings (SSSR count). The normalized spacial score (nSPS) is 10.2. The second kappa shape index (κ2) is 9.90. The van der Waals surface area contributed by atoms with Crippen molar-refractivity contribution in [3.8, 4) is 0 Å². The van der Waals surface area contributed by atoms with Gasteiger partial charge in [-0.25, -0.2) is 0 Å². The van der Waals surface area contributed by atoms with Gasteiger partial charge in [0.15, 0.2) is 0 Å². The van der Waals surface area contributed by atoms with Crippen molar-refractivity contribution in [3.05, 3.63) is 29.8 Å². The van der Waals surface area contributed by atoms with Crippen LogP contribution in [0.1, 0.15) is 12.0 Å². The van der Waals surface area contributed by atoms with Crippen LogP contribution < -0.4 is 16.0 Å². The highest BCUT2D eigenvalue weighted by Gasteiger charge is 2.04. The molecule has 0 aromatic heterocycles. The van der Waals surface area contributed by atoms with Crippen LogP contribution >= 0.6 is 0 Å². The number of hydrogen-bond donors (Lipinski definition) is 3. The van der Waals surface area contributed by atoms with Gasteiger partial charge in [0.05, 0.1) is 13.2 Å². The summed E-state index contributed by atoms with van der Waals surface area (Å²) >= 11 is 0. The molecule has 0 fully saturated rings. The molecule has 1 aromatic rings. The summed E-state index contributed by atoms with van der Waals surface area (Å²) in [6.45, 7) is 3.58. The maximum absolute atomic E-state index is 11.7. The minimum Gasteiger partial charge on any atom is -0.383 e. The molecule has 0 spiro atoms. The topological polar surface area (TPSA) is 79.5 Å². The summed E-state index contributed by atoms with van der Waals surface area (Å²) in [5.74, 6) is -0.178. The third kappa shape index (κ3) is 7.43. The van der Waals surface area contributed by atoms with Crippen LogP contribution in [-0.2, 0) is 14.3 Å². The zero-order valence-corrected chi connectivity index (χ0v) is 12.6. The van der Waals surface area contributed by atoms with E-state index in [0.29, 0.717) is 26.1 Å². The summed E-state index contributed by atoms with van der Waals surface area (Å²) in [4.78, 5) is 23.1. The molecule has 0 saturated carbocycles. The molecule has 116 valence electrons.